The van der Waals surface area contributed by atoms with Crippen LogP contribution in [-0.2, 0) is 11.2 Å². The molecular weight excluding hydrogens is 358 g/mol. The second kappa shape index (κ2) is 7.22. The Labute approximate surface area is 153 Å². The number of aliphatic hydroxyl groups is 1. The van der Waals surface area contributed by atoms with Crippen LogP contribution in [0.25, 0.3) is 0 Å². The van der Waals surface area contributed by atoms with E-state index >= 15 is 0 Å². The van der Waals surface area contributed by atoms with Gasteiger partial charge in [-0.1, -0.05) is 12.1 Å². The van der Waals surface area contributed by atoms with E-state index in [0.29, 0.717) is 35.4 Å². The molecule has 0 spiro atoms. The van der Waals surface area contributed by atoms with Crippen molar-refractivity contribution >= 4 is 28.2 Å². The molecular formula is C17H17N3O5S. The van der Waals surface area contributed by atoms with E-state index in [2.05, 4.69) is 9.69 Å². The molecule has 0 radical (unpaired) electrons. The topological polar surface area (TPSA) is 126 Å². The zero-order chi connectivity index (χ0) is 18.8. The first-order valence-electron chi connectivity index (χ1n) is 7.98. The van der Waals surface area contributed by atoms with Crippen LogP contribution >= 0.6 is 11.5 Å². The number of aryl methyl sites for hydroxylation is 1. The molecule has 26 heavy (non-hydrogen) atoms. The third kappa shape index (κ3) is 3.18. The summed E-state index contributed by atoms with van der Waals surface area (Å²) in [6.07, 6.45) is 1.00. The Bertz CT molecular complexity index is 906. The van der Waals surface area contributed by atoms with Crippen LogP contribution in [0.15, 0.2) is 35.5 Å². The molecule has 9 heteroatoms. The van der Waals surface area contributed by atoms with Gasteiger partial charge in [0, 0.05) is 35.9 Å². The number of aliphatic carboxylic acids is 1. The molecule has 0 saturated heterocycles. The lowest BCUT2D eigenvalue weighted by Crippen LogP contribution is -2.22. The van der Waals surface area contributed by atoms with Crippen LogP contribution in [0.4, 0.5) is 10.7 Å². The SMILES string of the molecule is CC1=C(C(=O)O)C(c2cccc([N+](=O)[O-])c2)c2c(CCCO)nsc2N1. The van der Waals surface area contributed by atoms with E-state index in [4.69, 9.17) is 5.11 Å². The Morgan fingerprint density at radius 1 is 1.46 bits per heavy atom. The van der Waals surface area contributed by atoms with Crippen LogP contribution in [0.3, 0.4) is 0 Å². The van der Waals surface area contributed by atoms with Crippen molar-refractivity contribution in [1.29, 1.82) is 0 Å². The van der Waals surface area contributed by atoms with Crippen molar-refractivity contribution in [2.24, 2.45) is 0 Å². The first-order chi connectivity index (χ1) is 12.4. The lowest BCUT2D eigenvalue weighted by molar-refractivity contribution is -0.384. The molecule has 1 atom stereocenters. The number of anilines is 1. The summed E-state index contributed by atoms with van der Waals surface area (Å²) in [7, 11) is 0. The molecule has 0 fully saturated rings. The van der Waals surface area contributed by atoms with E-state index in [1.807, 2.05) is 0 Å². The number of carbonyl (C=O) groups is 1. The Kier molecular flexibility index (Phi) is 5.01. The molecule has 2 aromatic rings. The number of hydrogen-bond acceptors (Lipinski definition) is 7. The van der Waals surface area contributed by atoms with Crippen LogP contribution in [0.1, 0.15) is 36.1 Å². The van der Waals surface area contributed by atoms with E-state index < -0.39 is 16.8 Å². The monoisotopic (exact) mass is 375 g/mol. The van der Waals surface area contributed by atoms with Crippen molar-refractivity contribution in [2.45, 2.75) is 25.7 Å². The van der Waals surface area contributed by atoms with Crippen molar-refractivity contribution in [2.75, 3.05) is 11.9 Å². The number of nitrogens with zero attached hydrogens (tertiary/aromatic N) is 2. The van der Waals surface area contributed by atoms with Gasteiger partial charge in [0.2, 0.25) is 0 Å². The molecule has 1 unspecified atom stereocenters. The predicted molar refractivity (Wildman–Crippen MR) is 96.4 cm³/mol. The zero-order valence-corrected chi connectivity index (χ0v) is 14.7. The van der Waals surface area contributed by atoms with Crippen LogP contribution < -0.4 is 5.32 Å². The maximum atomic E-state index is 11.9. The number of hydrogen-bond donors (Lipinski definition) is 3. The Morgan fingerprint density at radius 3 is 2.88 bits per heavy atom. The maximum absolute atomic E-state index is 11.9. The number of nitro benzene ring substituents is 1. The summed E-state index contributed by atoms with van der Waals surface area (Å²) in [5, 5.41) is 33.8. The number of nitro groups is 1. The number of nitrogens with one attached hydrogen (secondary N) is 1. The molecule has 1 aromatic carbocycles. The molecule has 2 heterocycles. The largest absolute Gasteiger partial charge is 0.478 e. The number of fused-ring (bicyclic) bond motifs is 1. The summed E-state index contributed by atoms with van der Waals surface area (Å²) in [6.45, 7) is 1.67. The lowest BCUT2D eigenvalue weighted by Gasteiger charge is -2.27. The number of carboxylic acid groups (broad SMARTS) is 1. The molecule has 0 bridgehead atoms. The highest BCUT2D eigenvalue weighted by molar-refractivity contribution is 7.10. The van der Waals surface area contributed by atoms with Crippen molar-refractivity contribution in [3.05, 3.63) is 62.5 Å². The number of non-ortho nitro benzene ring substituents is 1. The van der Waals surface area contributed by atoms with Crippen molar-refractivity contribution in [1.82, 2.24) is 4.37 Å². The minimum Gasteiger partial charge on any atom is -0.478 e. The van der Waals surface area contributed by atoms with Gasteiger partial charge >= 0.3 is 5.97 Å². The summed E-state index contributed by atoms with van der Waals surface area (Å²) >= 11 is 1.23. The molecule has 0 amide bonds. The van der Waals surface area contributed by atoms with Crippen LogP contribution in [-0.4, -0.2) is 32.1 Å². The highest BCUT2D eigenvalue weighted by Crippen LogP contribution is 2.46. The second-order valence-corrected chi connectivity index (χ2v) is 6.73. The van der Waals surface area contributed by atoms with E-state index in [1.54, 1.807) is 19.1 Å². The maximum Gasteiger partial charge on any atom is 0.334 e. The van der Waals surface area contributed by atoms with Crippen molar-refractivity contribution in [3.8, 4) is 0 Å². The highest BCUT2D eigenvalue weighted by Gasteiger charge is 2.36. The van der Waals surface area contributed by atoms with E-state index in [0.717, 1.165) is 5.00 Å². The Balaban J connectivity index is 2.19. The third-order valence-electron chi connectivity index (χ3n) is 4.30. The summed E-state index contributed by atoms with van der Waals surface area (Å²) < 4.78 is 4.41. The highest BCUT2D eigenvalue weighted by atomic mass is 32.1. The predicted octanol–water partition coefficient (Wildman–Crippen LogP) is 2.89. The molecule has 1 aromatic heterocycles. The van der Waals surface area contributed by atoms with Gasteiger partial charge in [0.15, 0.2) is 0 Å². The van der Waals surface area contributed by atoms with E-state index in [-0.39, 0.29) is 17.9 Å². The van der Waals surface area contributed by atoms with E-state index in [9.17, 15) is 20.0 Å². The average molecular weight is 375 g/mol. The summed E-state index contributed by atoms with van der Waals surface area (Å²) in [5.41, 5.74) is 2.48. The van der Waals surface area contributed by atoms with Crippen LogP contribution in [0, 0.1) is 10.1 Å². The Morgan fingerprint density at radius 2 is 2.23 bits per heavy atom. The van der Waals surface area contributed by atoms with Crippen molar-refractivity contribution in [3.63, 3.8) is 0 Å². The fourth-order valence-electron chi connectivity index (χ4n) is 3.18. The summed E-state index contributed by atoms with van der Waals surface area (Å²) in [5.74, 6) is -1.74. The number of benzene rings is 1. The fourth-order valence-corrected chi connectivity index (χ4v) is 4.10. The minimum atomic E-state index is -1.09. The van der Waals surface area contributed by atoms with Gasteiger partial charge in [-0.3, -0.25) is 10.1 Å². The standard InChI is InChI=1S/C17H17N3O5S/c1-9-13(17(22)23)14(10-4-2-5-11(8-10)20(24)25)15-12(6-3-7-21)19-26-16(15)18-9/h2,4-5,8,14,18,21H,3,6-7H2,1H3,(H,22,23). The quantitative estimate of drug-likeness (QED) is 0.523. The second-order valence-electron chi connectivity index (χ2n) is 5.95. The van der Waals surface area contributed by atoms with Gasteiger partial charge in [-0.15, -0.1) is 0 Å². The Hall–Kier alpha value is -2.78. The van der Waals surface area contributed by atoms with Crippen molar-refractivity contribution < 1.29 is 19.9 Å². The molecule has 0 aliphatic carbocycles. The summed E-state index contributed by atoms with van der Waals surface area (Å²) in [4.78, 5) is 22.6. The normalized spacial score (nSPS) is 16.2. The minimum absolute atomic E-state index is 0.00184. The first kappa shape index (κ1) is 18.0. The van der Waals surface area contributed by atoms with Gasteiger partial charge in [0.25, 0.3) is 5.69 Å². The molecule has 3 rings (SSSR count). The molecule has 3 N–H and O–H groups in total. The number of aliphatic hydroxyl groups excluding tert-OH is 1. The zero-order valence-electron chi connectivity index (χ0n) is 13.9. The van der Waals surface area contributed by atoms with Crippen LogP contribution in [0.2, 0.25) is 0 Å². The van der Waals surface area contributed by atoms with Crippen LogP contribution in [0.5, 0.6) is 0 Å². The van der Waals surface area contributed by atoms with Gasteiger partial charge in [-0.2, -0.15) is 4.37 Å². The fraction of sp³-hybridized carbons (Fsp3) is 0.294. The number of rotatable bonds is 6. The first-order valence-corrected chi connectivity index (χ1v) is 8.76. The van der Waals surface area contributed by atoms with Gasteiger partial charge < -0.3 is 15.5 Å². The molecule has 8 nitrogen and oxygen atoms in total. The van der Waals surface area contributed by atoms with Gasteiger partial charge in [-0.25, -0.2) is 4.79 Å². The van der Waals surface area contributed by atoms with Gasteiger partial charge in [-0.05, 0) is 36.9 Å². The number of carboxylic acids is 1. The molecule has 1 aliphatic heterocycles. The summed E-state index contributed by atoms with van der Waals surface area (Å²) in [6, 6.07) is 6.03. The average Bonchev–Trinajstić information content (AvgIpc) is 3.00. The molecule has 1 aliphatic rings. The van der Waals surface area contributed by atoms with E-state index in [1.165, 1.54) is 23.7 Å². The molecule has 136 valence electrons. The lowest BCUT2D eigenvalue weighted by atomic mass is 9.81. The number of allylic oxidation sites excluding steroid dienone is 1. The molecule has 0 saturated carbocycles. The third-order valence-corrected chi connectivity index (χ3v) is 5.12. The van der Waals surface area contributed by atoms with Gasteiger partial charge in [0.1, 0.15) is 5.00 Å². The smallest absolute Gasteiger partial charge is 0.334 e. The number of aromatic nitrogens is 1. The van der Waals surface area contributed by atoms with Gasteiger partial charge in [0.05, 0.1) is 16.2 Å².